The summed E-state index contributed by atoms with van der Waals surface area (Å²) in [6.45, 7) is 0. The number of nitrogens with zero attached hydrogens (tertiary/aromatic N) is 4. The van der Waals surface area contributed by atoms with Crippen molar-refractivity contribution in [3.05, 3.63) is 48.8 Å². The maximum Gasteiger partial charge on any atom is 0.144 e. The number of methoxy groups -OCH3 is 1. The van der Waals surface area contributed by atoms with Gasteiger partial charge in [-0.3, -0.25) is 4.98 Å². The Balaban J connectivity index is 2.04. The molecule has 0 atom stereocenters. The number of hydrogen-bond donors (Lipinski definition) is 1. The SMILES string of the molecule is COc1ccc(N)cc1-n1cc(-c2ccccn2)nn1. The van der Waals surface area contributed by atoms with E-state index in [9.17, 15) is 0 Å². The smallest absolute Gasteiger partial charge is 0.144 e. The molecule has 0 spiro atoms. The molecular weight excluding hydrogens is 254 g/mol. The average Bonchev–Trinajstić information content (AvgIpc) is 2.98. The van der Waals surface area contributed by atoms with Gasteiger partial charge in [0.15, 0.2) is 0 Å². The molecule has 0 aliphatic rings. The second-order valence-corrected chi connectivity index (χ2v) is 4.19. The van der Waals surface area contributed by atoms with Gasteiger partial charge in [-0.05, 0) is 30.3 Å². The first-order chi connectivity index (χ1) is 9.78. The number of nitrogens with two attached hydrogens (primary N) is 1. The molecule has 0 unspecified atom stereocenters. The number of anilines is 1. The molecular formula is C14H13N5O. The highest BCUT2D eigenvalue weighted by Gasteiger charge is 2.10. The van der Waals surface area contributed by atoms with Crippen molar-refractivity contribution in [1.29, 1.82) is 0 Å². The van der Waals surface area contributed by atoms with Gasteiger partial charge in [-0.2, -0.15) is 0 Å². The molecule has 0 bridgehead atoms. The second-order valence-electron chi connectivity index (χ2n) is 4.19. The molecule has 20 heavy (non-hydrogen) atoms. The molecule has 0 saturated heterocycles. The van der Waals surface area contributed by atoms with Crippen molar-refractivity contribution in [1.82, 2.24) is 20.0 Å². The van der Waals surface area contributed by atoms with Crippen LogP contribution in [-0.4, -0.2) is 27.1 Å². The van der Waals surface area contributed by atoms with Crippen molar-refractivity contribution in [2.45, 2.75) is 0 Å². The van der Waals surface area contributed by atoms with Gasteiger partial charge in [0, 0.05) is 11.9 Å². The third kappa shape index (κ3) is 2.18. The van der Waals surface area contributed by atoms with E-state index >= 15 is 0 Å². The Labute approximate surface area is 115 Å². The van der Waals surface area contributed by atoms with Crippen LogP contribution < -0.4 is 10.5 Å². The topological polar surface area (TPSA) is 78.9 Å². The van der Waals surface area contributed by atoms with E-state index in [1.165, 1.54) is 0 Å². The average molecular weight is 267 g/mol. The van der Waals surface area contributed by atoms with Crippen molar-refractivity contribution in [3.63, 3.8) is 0 Å². The fourth-order valence-corrected chi connectivity index (χ4v) is 1.90. The highest BCUT2D eigenvalue weighted by atomic mass is 16.5. The maximum atomic E-state index is 5.81. The molecule has 3 rings (SSSR count). The standard InChI is InChI=1S/C14H13N5O/c1-20-14-6-5-10(15)8-13(14)19-9-12(17-18-19)11-4-2-3-7-16-11/h2-9H,15H2,1H3. The molecule has 0 fully saturated rings. The number of rotatable bonds is 3. The Morgan fingerprint density at radius 1 is 1.15 bits per heavy atom. The molecule has 2 N–H and O–H groups in total. The van der Waals surface area contributed by atoms with E-state index in [4.69, 9.17) is 10.5 Å². The zero-order valence-electron chi connectivity index (χ0n) is 10.9. The van der Waals surface area contributed by atoms with Crippen LogP contribution in [0, 0.1) is 0 Å². The van der Waals surface area contributed by atoms with Crippen LogP contribution in [0.1, 0.15) is 0 Å². The largest absolute Gasteiger partial charge is 0.494 e. The number of ether oxygens (including phenoxy) is 1. The molecule has 0 saturated carbocycles. The third-order valence-electron chi connectivity index (χ3n) is 2.87. The Hall–Kier alpha value is -2.89. The molecule has 6 nitrogen and oxygen atoms in total. The van der Waals surface area contributed by atoms with Gasteiger partial charge >= 0.3 is 0 Å². The number of aromatic nitrogens is 4. The van der Waals surface area contributed by atoms with Gasteiger partial charge in [-0.15, -0.1) is 5.10 Å². The van der Waals surface area contributed by atoms with Crippen molar-refractivity contribution < 1.29 is 4.74 Å². The lowest BCUT2D eigenvalue weighted by molar-refractivity contribution is 0.411. The summed E-state index contributed by atoms with van der Waals surface area (Å²) in [5, 5.41) is 8.23. The van der Waals surface area contributed by atoms with Crippen LogP contribution in [0.25, 0.3) is 17.1 Å². The predicted octanol–water partition coefficient (Wildman–Crippen LogP) is 1.92. The molecule has 6 heteroatoms. The molecule has 0 aliphatic carbocycles. The van der Waals surface area contributed by atoms with Crippen LogP contribution in [0.4, 0.5) is 5.69 Å². The molecule has 2 aromatic heterocycles. The van der Waals surface area contributed by atoms with Gasteiger partial charge in [-0.1, -0.05) is 11.3 Å². The molecule has 2 heterocycles. The van der Waals surface area contributed by atoms with Gasteiger partial charge in [-0.25, -0.2) is 4.68 Å². The van der Waals surface area contributed by atoms with Crippen LogP contribution in [0.15, 0.2) is 48.8 Å². The number of pyridine rings is 1. The Morgan fingerprint density at radius 2 is 2.05 bits per heavy atom. The van der Waals surface area contributed by atoms with Gasteiger partial charge in [0.05, 0.1) is 19.0 Å². The summed E-state index contributed by atoms with van der Waals surface area (Å²) >= 11 is 0. The molecule has 0 aliphatic heterocycles. The minimum Gasteiger partial charge on any atom is -0.494 e. The first kappa shape index (κ1) is 12.2. The van der Waals surface area contributed by atoms with Crippen molar-refractivity contribution in [2.24, 2.45) is 0 Å². The summed E-state index contributed by atoms with van der Waals surface area (Å²) in [6.07, 6.45) is 3.51. The lowest BCUT2D eigenvalue weighted by atomic mass is 10.2. The van der Waals surface area contributed by atoms with E-state index in [1.54, 1.807) is 42.4 Å². The van der Waals surface area contributed by atoms with E-state index in [0.29, 0.717) is 17.1 Å². The predicted molar refractivity (Wildman–Crippen MR) is 75.6 cm³/mol. The van der Waals surface area contributed by atoms with Crippen molar-refractivity contribution in [3.8, 4) is 22.8 Å². The van der Waals surface area contributed by atoms with E-state index in [-0.39, 0.29) is 0 Å². The summed E-state index contributed by atoms with van der Waals surface area (Å²) < 4.78 is 6.93. The third-order valence-corrected chi connectivity index (χ3v) is 2.87. The molecule has 0 amide bonds. The van der Waals surface area contributed by atoms with Crippen LogP contribution in [-0.2, 0) is 0 Å². The number of nitrogen functional groups attached to an aromatic ring is 1. The normalized spacial score (nSPS) is 10.4. The van der Waals surface area contributed by atoms with E-state index in [1.807, 2.05) is 18.2 Å². The van der Waals surface area contributed by atoms with Gasteiger partial charge in [0.25, 0.3) is 0 Å². The lowest BCUT2D eigenvalue weighted by Gasteiger charge is -2.08. The highest BCUT2D eigenvalue weighted by molar-refractivity contribution is 5.58. The first-order valence-electron chi connectivity index (χ1n) is 6.05. The molecule has 0 radical (unpaired) electrons. The fraction of sp³-hybridized carbons (Fsp3) is 0.0714. The summed E-state index contributed by atoms with van der Waals surface area (Å²) in [5.41, 5.74) is 8.64. The molecule has 100 valence electrons. The maximum absolute atomic E-state index is 5.81. The van der Waals surface area contributed by atoms with Gasteiger partial charge < -0.3 is 10.5 Å². The zero-order chi connectivity index (χ0) is 13.9. The minimum absolute atomic E-state index is 0.635. The summed E-state index contributed by atoms with van der Waals surface area (Å²) in [4.78, 5) is 4.24. The van der Waals surface area contributed by atoms with Gasteiger partial charge in [0.1, 0.15) is 17.1 Å². The number of benzene rings is 1. The monoisotopic (exact) mass is 267 g/mol. The van der Waals surface area contributed by atoms with Crippen LogP contribution in [0.5, 0.6) is 5.75 Å². The summed E-state index contributed by atoms with van der Waals surface area (Å²) in [6, 6.07) is 11.0. The van der Waals surface area contributed by atoms with E-state index in [0.717, 1.165) is 11.4 Å². The van der Waals surface area contributed by atoms with Crippen LogP contribution in [0.2, 0.25) is 0 Å². The summed E-state index contributed by atoms with van der Waals surface area (Å²) in [7, 11) is 1.60. The number of hydrogen-bond acceptors (Lipinski definition) is 5. The van der Waals surface area contributed by atoms with Crippen molar-refractivity contribution >= 4 is 5.69 Å². The Morgan fingerprint density at radius 3 is 2.80 bits per heavy atom. The lowest BCUT2D eigenvalue weighted by Crippen LogP contribution is -2.00. The fourth-order valence-electron chi connectivity index (χ4n) is 1.90. The first-order valence-corrected chi connectivity index (χ1v) is 6.05. The Bertz CT molecular complexity index is 723. The minimum atomic E-state index is 0.635. The van der Waals surface area contributed by atoms with Crippen LogP contribution in [0.3, 0.4) is 0 Å². The quantitative estimate of drug-likeness (QED) is 0.733. The Kier molecular flexibility index (Phi) is 3.04. The van der Waals surface area contributed by atoms with Crippen LogP contribution >= 0.6 is 0 Å². The van der Waals surface area contributed by atoms with E-state index in [2.05, 4.69) is 15.3 Å². The van der Waals surface area contributed by atoms with E-state index < -0.39 is 0 Å². The van der Waals surface area contributed by atoms with Crippen molar-refractivity contribution in [2.75, 3.05) is 12.8 Å². The summed E-state index contributed by atoms with van der Waals surface area (Å²) in [5.74, 6) is 0.677. The molecule has 1 aromatic carbocycles. The highest BCUT2D eigenvalue weighted by Crippen LogP contribution is 2.25. The molecule has 3 aromatic rings. The van der Waals surface area contributed by atoms with Gasteiger partial charge in [0.2, 0.25) is 0 Å². The second kappa shape index (κ2) is 5.00. The zero-order valence-corrected chi connectivity index (χ0v) is 10.9.